The van der Waals surface area contributed by atoms with E-state index in [-0.39, 0.29) is 0 Å². The summed E-state index contributed by atoms with van der Waals surface area (Å²) < 4.78 is 3.84. The van der Waals surface area contributed by atoms with E-state index in [1.807, 2.05) is 0 Å². The first kappa shape index (κ1) is 10.8. The maximum absolute atomic E-state index is 3.84. The number of hydrogen-bond donors (Lipinski definition) is 2. The highest BCUT2D eigenvalue weighted by Gasteiger charge is 2.15. The van der Waals surface area contributed by atoms with Crippen LogP contribution >= 0.6 is 11.5 Å². The molecule has 4 nitrogen and oxygen atoms in total. The molecule has 1 aromatic rings. The van der Waals surface area contributed by atoms with Crippen LogP contribution in [0.4, 0.5) is 5.00 Å². The van der Waals surface area contributed by atoms with E-state index in [0.717, 1.165) is 5.00 Å². The number of piperidine rings is 1. The van der Waals surface area contributed by atoms with Gasteiger partial charge in [-0.25, -0.2) is 0 Å². The molecule has 15 heavy (non-hydrogen) atoms. The number of rotatable bonds is 4. The molecule has 2 heterocycles. The highest BCUT2D eigenvalue weighted by Crippen LogP contribution is 2.16. The molecular weight excluding hydrogens is 208 g/mol. The molecule has 0 radical (unpaired) electrons. The fourth-order valence-electron chi connectivity index (χ4n) is 2.08. The van der Waals surface area contributed by atoms with Gasteiger partial charge >= 0.3 is 0 Å². The van der Waals surface area contributed by atoms with E-state index >= 15 is 0 Å². The van der Waals surface area contributed by atoms with Gasteiger partial charge in [-0.1, -0.05) is 10.9 Å². The zero-order chi connectivity index (χ0) is 10.5. The summed E-state index contributed by atoms with van der Waals surface area (Å²) in [6.07, 6.45) is 6.98. The fourth-order valence-corrected chi connectivity index (χ4v) is 2.61. The molecular formula is C10H18N4S. The highest BCUT2D eigenvalue weighted by molar-refractivity contribution is 7.09. The molecule has 2 N–H and O–H groups in total. The summed E-state index contributed by atoms with van der Waals surface area (Å²) in [4.78, 5) is 0. The summed E-state index contributed by atoms with van der Waals surface area (Å²) in [5, 5.41) is 11.9. The summed E-state index contributed by atoms with van der Waals surface area (Å²) in [6.45, 7) is 3.40. The zero-order valence-corrected chi connectivity index (χ0v) is 9.89. The summed E-state index contributed by atoms with van der Waals surface area (Å²) in [5.74, 6) is 0. The monoisotopic (exact) mass is 226 g/mol. The van der Waals surface area contributed by atoms with Crippen LogP contribution in [-0.4, -0.2) is 28.2 Å². The van der Waals surface area contributed by atoms with Crippen LogP contribution in [0.15, 0.2) is 6.20 Å². The molecule has 1 aliphatic heterocycles. The van der Waals surface area contributed by atoms with Crippen LogP contribution in [-0.2, 0) is 0 Å². The molecule has 1 saturated heterocycles. The van der Waals surface area contributed by atoms with Crippen LogP contribution in [0.3, 0.4) is 0 Å². The van der Waals surface area contributed by atoms with Gasteiger partial charge in [-0.2, -0.15) is 0 Å². The number of nitrogens with one attached hydrogen (secondary N) is 2. The first-order chi connectivity index (χ1) is 7.34. The first-order valence-electron chi connectivity index (χ1n) is 5.62. The third-order valence-electron chi connectivity index (χ3n) is 2.80. The minimum absolute atomic E-state index is 0.489. The van der Waals surface area contributed by atoms with Crippen LogP contribution in [0.25, 0.3) is 0 Å². The van der Waals surface area contributed by atoms with Crippen molar-refractivity contribution < 1.29 is 0 Å². The Hall–Kier alpha value is -0.680. The molecule has 0 aliphatic carbocycles. The molecule has 0 saturated carbocycles. The van der Waals surface area contributed by atoms with Gasteiger partial charge < -0.3 is 10.6 Å². The van der Waals surface area contributed by atoms with E-state index in [2.05, 4.69) is 27.1 Å². The van der Waals surface area contributed by atoms with Crippen LogP contribution in [0.2, 0.25) is 0 Å². The minimum atomic E-state index is 0.489. The highest BCUT2D eigenvalue weighted by atomic mass is 32.1. The molecule has 1 fully saturated rings. The van der Waals surface area contributed by atoms with Gasteiger partial charge in [0.2, 0.25) is 0 Å². The van der Waals surface area contributed by atoms with Crippen molar-refractivity contribution in [2.75, 3.05) is 11.9 Å². The predicted molar refractivity (Wildman–Crippen MR) is 63.3 cm³/mol. The maximum atomic E-state index is 3.84. The molecule has 5 heteroatoms. The topological polar surface area (TPSA) is 49.8 Å². The molecule has 0 bridgehead atoms. The van der Waals surface area contributed by atoms with Crippen LogP contribution in [0.1, 0.15) is 32.6 Å². The molecule has 0 spiro atoms. The minimum Gasteiger partial charge on any atom is -0.372 e. The quantitative estimate of drug-likeness (QED) is 0.823. The normalized spacial score (nSPS) is 23.7. The van der Waals surface area contributed by atoms with Gasteiger partial charge in [0, 0.05) is 23.6 Å². The van der Waals surface area contributed by atoms with Crippen molar-refractivity contribution in [2.45, 2.75) is 44.7 Å². The average molecular weight is 226 g/mol. The van der Waals surface area contributed by atoms with Crippen molar-refractivity contribution in [3.05, 3.63) is 6.20 Å². The van der Waals surface area contributed by atoms with E-state index in [0.29, 0.717) is 12.1 Å². The van der Waals surface area contributed by atoms with Crippen LogP contribution < -0.4 is 10.6 Å². The SMILES string of the molecule is CC(CC1CCCCN1)Nc1cnns1. The molecule has 84 valence electrons. The van der Waals surface area contributed by atoms with Gasteiger partial charge in [0.1, 0.15) is 5.00 Å². The average Bonchev–Trinajstić information content (AvgIpc) is 2.71. The van der Waals surface area contributed by atoms with E-state index in [4.69, 9.17) is 0 Å². The van der Waals surface area contributed by atoms with Crippen molar-refractivity contribution in [3.63, 3.8) is 0 Å². The van der Waals surface area contributed by atoms with Crippen molar-refractivity contribution in [1.29, 1.82) is 0 Å². The molecule has 1 aliphatic rings. The molecule has 0 aromatic carbocycles. The zero-order valence-electron chi connectivity index (χ0n) is 9.07. The molecule has 0 amide bonds. The van der Waals surface area contributed by atoms with Gasteiger partial charge in [-0.15, -0.1) is 5.10 Å². The lowest BCUT2D eigenvalue weighted by Gasteiger charge is -2.26. The fraction of sp³-hybridized carbons (Fsp3) is 0.800. The molecule has 2 unspecified atom stereocenters. The Kier molecular flexibility index (Phi) is 3.91. The number of nitrogens with zero attached hydrogens (tertiary/aromatic N) is 2. The summed E-state index contributed by atoms with van der Waals surface area (Å²) in [5.41, 5.74) is 0. The third kappa shape index (κ3) is 3.43. The first-order valence-corrected chi connectivity index (χ1v) is 6.39. The van der Waals surface area contributed by atoms with Gasteiger partial charge in [-0.3, -0.25) is 0 Å². The smallest absolute Gasteiger partial charge is 0.130 e. The van der Waals surface area contributed by atoms with Crippen molar-refractivity contribution in [1.82, 2.24) is 14.9 Å². The Bertz CT molecular complexity index is 269. The summed E-state index contributed by atoms with van der Waals surface area (Å²) >= 11 is 1.42. The lowest BCUT2D eigenvalue weighted by atomic mass is 9.99. The number of anilines is 1. The van der Waals surface area contributed by atoms with Crippen molar-refractivity contribution in [2.24, 2.45) is 0 Å². The maximum Gasteiger partial charge on any atom is 0.130 e. The largest absolute Gasteiger partial charge is 0.372 e. The lowest BCUT2D eigenvalue weighted by Crippen LogP contribution is -2.37. The van der Waals surface area contributed by atoms with E-state index < -0.39 is 0 Å². The second-order valence-corrected chi connectivity index (χ2v) is 5.00. The van der Waals surface area contributed by atoms with E-state index in [9.17, 15) is 0 Å². The Morgan fingerprint density at radius 1 is 1.67 bits per heavy atom. The summed E-state index contributed by atoms with van der Waals surface area (Å²) in [6, 6.07) is 1.17. The summed E-state index contributed by atoms with van der Waals surface area (Å²) in [7, 11) is 0. The van der Waals surface area contributed by atoms with Crippen LogP contribution in [0.5, 0.6) is 0 Å². The van der Waals surface area contributed by atoms with Crippen LogP contribution in [0, 0.1) is 0 Å². The third-order valence-corrected chi connectivity index (χ3v) is 3.40. The second kappa shape index (κ2) is 5.42. The van der Waals surface area contributed by atoms with Crippen molar-refractivity contribution in [3.8, 4) is 0 Å². The van der Waals surface area contributed by atoms with E-state index in [1.165, 1.54) is 43.8 Å². The molecule has 1 aromatic heterocycles. The predicted octanol–water partition coefficient (Wildman–Crippen LogP) is 1.87. The van der Waals surface area contributed by atoms with Gasteiger partial charge in [0.25, 0.3) is 0 Å². The Morgan fingerprint density at radius 3 is 3.27 bits per heavy atom. The Balaban J connectivity index is 1.74. The van der Waals surface area contributed by atoms with Gasteiger partial charge in [-0.05, 0) is 32.7 Å². The Morgan fingerprint density at radius 2 is 2.60 bits per heavy atom. The van der Waals surface area contributed by atoms with Gasteiger partial charge in [0.05, 0.1) is 6.20 Å². The number of aromatic nitrogens is 2. The molecule has 2 rings (SSSR count). The van der Waals surface area contributed by atoms with Crippen molar-refractivity contribution >= 4 is 16.5 Å². The Labute approximate surface area is 94.6 Å². The standard InChI is InChI=1S/C10H18N4S/c1-8(13-10-7-12-14-15-10)6-9-4-2-3-5-11-9/h7-9,11,13H,2-6H2,1H3. The van der Waals surface area contributed by atoms with E-state index in [1.54, 1.807) is 6.20 Å². The lowest BCUT2D eigenvalue weighted by molar-refractivity contribution is 0.371. The van der Waals surface area contributed by atoms with Gasteiger partial charge in [0.15, 0.2) is 0 Å². The molecule has 2 atom stereocenters. The number of hydrogen-bond acceptors (Lipinski definition) is 5. The second-order valence-electron chi connectivity index (χ2n) is 4.21.